The van der Waals surface area contributed by atoms with Gasteiger partial charge in [0.15, 0.2) is 0 Å². The molecule has 0 atom stereocenters. The van der Waals surface area contributed by atoms with Crippen LogP contribution >= 0.6 is 11.6 Å². The molecule has 1 aromatic heterocycles. The van der Waals surface area contributed by atoms with Crippen molar-refractivity contribution in [2.45, 2.75) is 26.8 Å². The van der Waals surface area contributed by atoms with Crippen molar-refractivity contribution in [1.29, 1.82) is 0 Å². The number of rotatable bonds is 7. The van der Waals surface area contributed by atoms with Crippen molar-refractivity contribution in [2.75, 3.05) is 11.9 Å². The van der Waals surface area contributed by atoms with Gasteiger partial charge in [0.2, 0.25) is 11.9 Å². The van der Waals surface area contributed by atoms with Gasteiger partial charge in [0.05, 0.1) is 5.69 Å². The first-order valence-electron chi connectivity index (χ1n) is 11.4. The Morgan fingerprint density at radius 3 is 2.26 bits per heavy atom. The summed E-state index contributed by atoms with van der Waals surface area (Å²) in [5.41, 5.74) is 4.10. The van der Waals surface area contributed by atoms with E-state index in [0.29, 0.717) is 22.2 Å². The number of hydrogen-bond donors (Lipinski definition) is 1. The lowest BCUT2D eigenvalue weighted by molar-refractivity contribution is -0.117. The molecule has 1 N–H and O–H groups in total. The second kappa shape index (κ2) is 10.6. The number of imidazole rings is 1. The van der Waals surface area contributed by atoms with Crippen LogP contribution in [0, 0.1) is 6.92 Å². The largest absolute Gasteiger partial charge is 0.327 e. The number of carbonyl (C=O) groups excluding carboxylic acids is 2. The zero-order valence-electron chi connectivity index (χ0n) is 19.9. The second-order valence-corrected chi connectivity index (χ2v) is 9.04. The van der Waals surface area contributed by atoms with Crippen molar-refractivity contribution in [3.8, 4) is 16.9 Å². The SMILES string of the molecule is Cc1ccc(-n2cc(-c3ccc(Cl)cc3)nc2NC(=O)CN(C(=O)c2ccccc2)C(C)C)cc1. The number of halogens is 1. The minimum Gasteiger partial charge on any atom is -0.327 e. The Morgan fingerprint density at radius 1 is 0.971 bits per heavy atom. The van der Waals surface area contributed by atoms with Crippen LogP contribution < -0.4 is 5.32 Å². The molecule has 35 heavy (non-hydrogen) atoms. The molecule has 0 bridgehead atoms. The molecule has 0 spiro atoms. The molecule has 0 saturated heterocycles. The van der Waals surface area contributed by atoms with Crippen LogP contribution in [0.4, 0.5) is 5.95 Å². The quantitative estimate of drug-likeness (QED) is 0.349. The lowest BCUT2D eigenvalue weighted by Crippen LogP contribution is -2.42. The molecule has 7 heteroatoms. The monoisotopic (exact) mass is 486 g/mol. The smallest absolute Gasteiger partial charge is 0.254 e. The minimum atomic E-state index is -0.329. The fourth-order valence-electron chi connectivity index (χ4n) is 3.68. The minimum absolute atomic E-state index is 0.0948. The van der Waals surface area contributed by atoms with Crippen LogP contribution in [0.15, 0.2) is 85.1 Å². The molecule has 0 aliphatic heterocycles. The summed E-state index contributed by atoms with van der Waals surface area (Å²) >= 11 is 6.04. The van der Waals surface area contributed by atoms with Gasteiger partial charge in [-0.25, -0.2) is 4.98 Å². The van der Waals surface area contributed by atoms with Gasteiger partial charge < -0.3 is 4.90 Å². The van der Waals surface area contributed by atoms with Crippen LogP contribution in [0.3, 0.4) is 0 Å². The van der Waals surface area contributed by atoms with E-state index in [0.717, 1.165) is 16.8 Å². The highest BCUT2D eigenvalue weighted by molar-refractivity contribution is 6.30. The highest BCUT2D eigenvalue weighted by Crippen LogP contribution is 2.26. The maximum absolute atomic E-state index is 13.1. The fourth-order valence-corrected chi connectivity index (χ4v) is 3.81. The molecule has 0 saturated carbocycles. The maximum atomic E-state index is 13.1. The predicted molar refractivity (Wildman–Crippen MR) is 140 cm³/mol. The van der Waals surface area contributed by atoms with Crippen molar-refractivity contribution in [1.82, 2.24) is 14.5 Å². The Balaban J connectivity index is 1.62. The number of benzene rings is 3. The maximum Gasteiger partial charge on any atom is 0.254 e. The predicted octanol–water partition coefficient (Wildman–Crippen LogP) is 5.99. The van der Waals surface area contributed by atoms with Gasteiger partial charge in [0, 0.05) is 34.1 Å². The standard InChI is InChI=1S/C28H27ClN4O2/c1-19(2)32(27(35)22-7-5-4-6-8-22)18-26(34)31-28-30-25(21-11-13-23(29)14-12-21)17-33(28)24-15-9-20(3)10-16-24/h4-17,19H,18H2,1-3H3,(H,30,31,34). The summed E-state index contributed by atoms with van der Waals surface area (Å²) in [5.74, 6) is -0.149. The Bertz CT molecular complexity index is 1310. The highest BCUT2D eigenvalue weighted by Gasteiger charge is 2.23. The normalized spacial score (nSPS) is 10.9. The number of nitrogens with one attached hydrogen (secondary N) is 1. The Hall–Kier alpha value is -3.90. The molecule has 0 aliphatic rings. The van der Waals surface area contributed by atoms with E-state index < -0.39 is 0 Å². The zero-order chi connectivity index (χ0) is 24.9. The number of anilines is 1. The summed E-state index contributed by atoms with van der Waals surface area (Å²) in [7, 11) is 0. The molecular formula is C28H27ClN4O2. The summed E-state index contributed by atoms with van der Waals surface area (Å²) in [6.07, 6.45) is 1.87. The third-order valence-electron chi connectivity index (χ3n) is 5.63. The number of hydrogen-bond acceptors (Lipinski definition) is 3. The molecule has 2 amide bonds. The van der Waals surface area contributed by atoms with E-state index in [9.17, 15) is 9.59 Å². The van der Waals surface area contributed by atoms with Gasteiger partial charge in [-0.05, 0) is 57.2 Å². The molecule has 4 aromatic rings. The number of nitrogens with zero attached hydrogens (tertiary/aromatic N) is 3. The molecule has 0 aliphatic carbocycles. The molecule has 0 radical (unpaired) electrons. The molecule has 4 rings (SSSR count). The molecule has 0 unspecified atom stereocenters. The van der Waals surface area contributed by atoms with Crippen molar-refractivity contribution in [2.24, 2.45) is 0 Å². The number of carbonyl (C=O) groups is 2. The van der Waals surface area contributed by atoms with Crippen LogP contribution in [0.2, 0.25) is 5.02 Å². The molecule has 178 valence electrons. The van der Waals surface area contributed by atoms with Crippen molar-refractivity contribution in [3.05, 3.63) is 101 Å². The average molecular weight is 487 g/mol. The molecule has 3 aromatic carbocycles. The fraction of sp³-hybridized carbons (Fsp3) is 0.179. The van der Waals surface area contributed by atoms with E-state index in [1.54, 1.807) is 29.2 Å². The van der Waals surface area contributed by atoms with Crippen molar-refractivity contribution in [3.63, 3.8) is 0 Å². The lowest BCUT2D eigenvalue weighted by Gasteiger charge is -2.26. The summed E-state index contributed by atoms with van der Waals surface area (Å²) in [4.78, 5) is 32.4. The van der Waals surface area contributed by atoms with Crippen molar-refractivity contribution >= 4 is 29.4 Å². The van der Waals surface area contributed by atoms with E-state index in [2.05, 4.69) is 10.3 Å². The van der Waals surface area contributed by atoms with Crippen LogP contribution in [0.1, 0.15) is 29.8 Å². The van der Waals surface area contributed by atoms with E-state index in [1.807, 2.05) is 86.1 Å². The lowest BCUT2D eigenvalue weighted by atomic mass is 10.1. The number of aryl methyl sites for hydroxylation is 1. The van der Waals surface area contributed by atoms with Crippen molar-refractivity contribution < 1.29 is 9.59 Å². The second-order valence-electron chi connectivity index (χ2n) is 8.60. The first-order chi connectivity index (χ1) is 16.8. The van der Waals surface area contributed by atoms with E-state index in [1.165, 1.54) is 0 Å². The average Bonchev–Trinajstić information content (AvgIpc) is 3.27. The summed E-state index contributed by atoms with van der Waals surface area (Å²) in [5, 5.41) is 3.55. The molecule has 1 heterocycles. The van der Waals surface area contributed by atoms with Gasteiger partial charge in [-0.15, -0.1) is 0 Å². The third-order valence-corrected chi connectivity index (χ3v) is 5.88. The molecule has 0 fully saturated rings. The van der Waals surface area contributed by atoms with Crippen LogP contribution in [0.25, 0.3) is 16.9 Å². The van der Waals surface area contributed by atoms with E-state index in [4.69, 9.17) is 11.6 Å². The summed E-state index contributed by atoms with van der Waals surface area (Å²) in [6, 6.07) is 24.1. The summed E-state index contributed by atoms with van der Waals surface area (Å²) in [6.45, 7) is 5.70. The van der Waals surface area contributed by atoms with Gasteiger partial charge in [-0.1, -0.05) is 59.6 Å². The van der Waals surface area contributed by atoms with Gasteiger partial charge >= 0.3 is 0 Å². The zero-order valence-corrected chi connectivity index (χ0v) is 20.7. The first kappa shape index (κ1) is 24.2. The van der Waals surface area contributed by atoms with E-state index in [-0.39, 0.29) is 24.4 Å². The third kappa shape index (κ3) is 5.78. The molecule has 6 nitrogen and oxygen atoms in total. The number of amides is 2. The highest BCUT2D eigenvalue weighted by atomic mass is 35.5. The topological polar surface area (TPSA) is 67.2 Å². The summed E-state index contributed by atoms with van der Waals surface area (Å²) < 4.78 is 1.83. The van der Waals surface area contributed by atoms with Gasteiger partial charge in [-0.3, -0.25) is 19.5 Å². The Morgan fingerprint density at radius 2 is 1.63 bits per heavy atom. The van der Waals surface area contributed by atoms with Crippen LogP contribution in [0.5, 0.6) is 0 Å². The van der Waals surface area contributed by atoms with Crippen LogP contribution in [-0.2, 0) is 4.79 Å². The van der Waals surface area contributed by atoms with Gasteiger partial charge in [0.25, 0.3) is 5.91 Å². The van der Waals surface area contributed by atoms with E-state index >= 15 is 0 Å². The van der Waals surface area contributed by atoms with Gasteiger partial charge in [-0.2, -0.15) is 0 Å². The molecular weight excluding hydrogens is 460 g/mol. The van der Waals surface area contributed by atoms with Gasteiger partial charge in [0.1, 0.15) is 6.54 Å². The van der Waals surface area contributed by atoms with Crippen LogP contribution in [-0.4, -0.2) is 38.9 Å². The first-order valence-corrected chi connectivity index (χ1v) is 11.8. The number of aromatic nitrogens is 2. The Labute approximate surface area is 210 Å². The Kier molecular flexibility index (Phi) is 7.32.